The predicted octanol–water partition coefficient (Wildman–Crippen LogP) is 4.35. The number of benzene rings is 1. The quantitative estimate of drug-likeness (QED) is 0.649. The fourth-order valence-electron chi connectivity index (χ4n) is 3.46. The van der Waals surface area contributed by atoms with Crippen LogP contribution in [-0.2, 0) is 22.7 Å². The number of esters is 1. The molecular weight excluding hydrogens is 342 g/mol. The molecule has 2 aliphatic carbocycles. The van der Waals surface area contributed by atoms with Gasteiger partial charge in [-0.15, -0.1) is 0 Å². The lowest BCUT2D eigenvalue weighted by Gasteiger charge is -2.20. The number of carbonyl (C=O) groups excluding carboxylic acids is 1. The minimum Gasteiger partial charge on any atom is -0.487 e. The van der Waals surface area contributed by atoms with Crippen LogP contribution in [0.25, 0.3) is 0 Å². The fraction of sp³-hybridized carbons (Fsp3) is 0.455. The average molecular weight is 367 g/mol. The number of pyridine rings is 1. The summed E-state index contributed by atoms with van der Waals surface area (Å²) in [6.07, 6.45) is 4.37. The van der Waals surface area contributed by atoms with Crippen LogP contribution in [0.1, 0.15) is 70.4 Å². The van der Waals surface area contributed by atoms with Crippen molar-refractivity contribution in [1.82, 2.24) is 4.98 Å². The van der Waals surface area contributed by atoms with Crippen LogP contribution in [0, 0.1) is 0 Å². The summed E-state index contributed by atoms with van der Waals surface area (Å²) >= 11 is 0. The minimum atomic E-state index is -0.382. The molecule has 0 radical (unpaired) electrons. The summed E-state index contributed by atoms with van der Waals surface area (Å²) in [7, 11) is 3.06. The van der Waals surface area contributed by atoms with E-state index >= 15 is 0 Å². The fourth-order valence-corrected chi connectivity index (χ4v) is 3.46. The average Bonchev–Trinajstić information content (AvgIpc) is 3.59. The molecule has 0 spiro atoms. The maximum Gasteiger partial charge on any atom is 0.343 e. The predicted molar refractivity (Wildman–Crippen MR) is 101 cm³/mol. The molecule has 1 aromatic heterocycles. The highest BCUT2D eigenvalue weighted by Gasteiger charge is 2.38. The summed E-state index contributed by atoms with van der Waals surface area (Å²) in [5.41, 5.74) is 4.30. The lowest BCUT2D eigenvalue weighted by molar-refractivity contribution is 0.0592. The van der Waals surface area contributed by atoms with E-state index in [1.54, 1.807) is 7.11 Å². The first kappa shape index (κ1) is 18.0. The number of rotatable bonds is 8. The molecule has 1 heterocycles. The van der Waals surface area contributed by atoms with E-state index in [-0.39, 0.29) is 5.97 Å². The van der Waals surface area contributed by atoms with Crippen LogP contribution in [0.5, 0.6) is 5.75 Å². The first-order valence-corrected chi connectivity index (χ1v) is 9.53. The molecule has 2 saturated carbocycles. The third-order valence-corrected chi connectivity index (χ3v) is 5.14. The molecule has 0 N–H and O–H groups in total. The Labute approximate surface area is 159 Å². The van der Waals surface area contributed by atoms with Gasteiger partial charge in [0.05, 0.1) is 25.1 Å². The van der Waals surface area contributed by atoms with E-state index in [2.05, 4.69) is 0 Å². The number of carbonyl (C=O) groups is 1. The first-order valence-electron chi connectivity index (χ1n) is 9.53. The molecule has 27 heavy (non-hydrogen) atoms. The molecule has 5 heteroatoms. The van der Waals surface area contributed by atoms with Gasteiger partial charge < -0.3 is 14.2 Å². The van der Waals surface area contributed by atoms with Gasteiger partial charge in [-0.1, -0.05) is 30.3 Å². The van der Waals surface area contributed by atoms with Gasteiger partial charge in [-0.25, -0.2) is 4.79 Å². The van der Waals surface area contributed by atoms with E-state index in [0.717, 1.165) is 48.2 Å². The van der Waals surface area contributed by atoms with Gasteiger partial charge >= 0.3 is 5.97 Å². The van der Waals surface area contributed by atoms with Crippen molar-refractivity contribution < 1.29 is 19.0 Å². The maximum absolute atomic E-state index is 12.7. The highest BCUT2D eigenvalue weighted by molar-refractivity contribution is 5.94. The Morgan fingerprint density at radius 2 is 1.67 bits per heavy atom. The molecule has 2 aromatic rings. The highest BCUT2D eigenvalue weighted by Crippen LogP contribution is 2.49. The van der Waals surface area contributed by atoms with Crippen molar-refractivity contribution in [2.45, 2.75) is 50.7 Å². The normalized spacial score (nSPS) is 16.2. The van der Waals surface area contributed by atoms with Crippen LogP contribution in [0.2, 0.25) is 0 Å². The van der Waals surface area contributed by atoms with Gasteiger partial charge in [0, 0.05) is 24.5 Å². The summed E-state index contributed by atoms with van der Waals surface area (Å²) in [6, 6.07) is 9.96. The molecule has 0 amide bonds. The number of methoxy groups -OCH3 is 2. The van der Waals surface area contributed by atoms with Crippen molar-refractivity contribution in [3.63, 3.8) is 0 Å². The van der Waals surface area contributed by atoms with Crippen molar-refractivity contribution in [2.75, 3.05) is 14.2 Å². The van der Waals surface area contributed by atoms with Gasteiger partial charge in [0.15, 0.2) is 0 Å². The third-order valence-electron chi connectivity index (χ3n) is 5.14. The summed E-state index contributed by atoms with van der Waals surface area (Å²) in [5.74, 6) is 0.976. The second-order valence-electron chi connectivity index (χ2n) is 7.31. The van der Waals surface area contributed by atoms with E-state index in [4.69, 9.17) is 19.2 Å². The molecule has 1 aromatic carbocycles. The third kappa shape index (κ3) is 3.83. The summed E-state index contributed by atoms with van der Waals surface area (Å²) in [6.45, 7) is 0.762. The summed E-state index contributed by atoms with van der Waals surface area (Å²) in [4.78, 5) is 17.6. The molecule has 4 rings (SSSR count). The number of ether oxygens (including phenoxy) is 3. The van der Waals surface area contributed by atoms with E-state index in [1.165, 1.54) is 7.11 Å². The lowest BCUT2D eigenvalue weighted by Crippen LogP contribution is -2.16. The second-order valence-corrected chi connectivity index (χ2v) is 7.31. The van der Waals surface area contributed by atoms with E-state index in [0.29, 0.717) is 36.4 Å². The zero-order valence-electron chi connectivity index (χ0n) is 15.9. The molecule has 0 aliphatic heterocycles. The molecule has 2 aliphatic rings. The molecule has 0 saturated heterocycles. The monoisotopic (exact) mass is 367 g/mol. The van der Waals surface area contributed by atoms with Crippen molar-refractivity contribution in [3.8, 4) is 5.75 Å². The van der Waals surface area contributed by atoms with E-state index in [9.17, 15) is 4.79 Å². The van der Waals surface area contributed by atoms with Crippen molar-refractivity contribution in [3.05, 3.63) is 58.4 Å². The van der Waals surface area contributed by atoms with Gasteiger partial charge in [-0.2, -0.15) is 0 Å². The number of aromatic nitrogens is 1. The largest absolute Gasteiger partial charge is 0.487 e. The van der Waals surface area contributed by atoms with Crippen LogP contribution < -0.4 is 4.74 Å². The molecule has 142 valence electrons. The SMILES string of the molecule is COCc1c(C2CC2)nc(C2CC2)c(C(=O)OC)c1OCc1ccccc1. The van der Waals surface area contributed by atoms with Gasteiger partial charge in [0.25, 0.3) is 0 Å². The van der Waals surface area contributed by atoms with Gasteiger partial charge in [-0.05, 0) is 31.2 Å². The Morgan fingerprint density at radius 1 is 1.00 bits per heavy atom. The second kappa shape index (κ2) is 7.69. The molecule has 0 bridgehead atoms. The molecule has 0 unspecified atom stereocenters. The maximum atomic E-state index is 12.7. The van der Waals surface area contributed by atoms with Crippen LogP contribution in [0.3, 0.4) is 0 Å². The summed E-state index contributed by atoms with van der Waals surface area (Å²) < 4.78 is 16.8. The Morgan fingerprint density at radius 3 is 2.26 bits per heavy atom. The molecular formula is C22H25NO4. The Bertz CT molecular complexity index is 826. The Balaban J connectivity index is 1.81. The summed E-state index contributed by atoms with van der Waals surface area (Å²) in [5, 5.41) is 0. The molecule has 0 atom stereocenters. The van der Waals surface area contributed by atoms with Gasteiger partial charge in [0.1, 0.15) is 17.9 Å². The molecule has 2 fully saturated rings. The topological polar surface area (TPSA) is 57.7 Å². The lowest BCUT2D eigenvalue weighted by atomic mass is 10.0. The number of hydrogen-bond acceptors (Lipinski definition) is 5. The minimum absolute atomic E-state index is 0.326. The van der Waals surface area contributed by atoms with Crippen molar-refractivity contribution in [2.24, 2.45) is 0 Å². The zero-order chi connectivity index (χ0) is 18.8. The Hall–Kier alpha value is -2.40. The van der Waals surface area contributed by atoms with E-state index in [1.807, 2.05) is 30.3 Å². The van der Waals surface area contributed by atoms with Crippen LogP contribution in [0.4, 0.5) is 0 Å². The van der Waals surface area contributed by atoms with Gasteiger partial charge in [0.2, 0.25) is 0 Å². The Kier molecular flexibility index (Phi) is 5.12. The molecule has 5 nitrogen and oxygen atoms in total. The zero-order valence-corrected chi connectivity index (χ0v) is 15.9. The van der Waals surface area contributed by atoms with Crippen LogP contribution >= 0.6 is 0 Å². The smallest absolute Gasteiger partial charge is 0.343 e. The standard InChI is InChI=1S/C22H25NO4/c1-25-13-17-19(15-8-9-15)23-20(16-10-11-16)18(22(24)26-2)21(17)27-12-14-6-4-3-5-7-14/h3-7,15-16H,8-13H2,1-2H3. The van der Waals surface area contributed by atoms with Crippen molar-refractivity contribution in [1.29, 1.82) is 0 Å². The van der Waals surface area contributed by atoms with E-state index < -0.39 is 0 Å². The highest BCUT2D eigenvalue weighted by atomic mass is 16.5. The first-order chi connectivity index (χ1) is 13.2. The number of hydrogen-bond donors (Lipinski definition) is 0. The number of nitrogens with zero attached hydrogens (tertiary/aromatic N) is 1. The van der Waals surface area contributed by atoms with Crippen LogP contribution in [0.15, 0.2) is 30.3 Å². The van der Waals surface area contributed by atoms with Crippen molar-refractivity contribution >= 4 is 5.97 Å². The van der Waals surface area contributed by atoms with Crippen LogP contribution in [-0.4, -0.2) is 25.2 Å². The van der Waals surface area contributed by atoms with Gasteiger partial charge in [-0.3, -0.25) is 4.98 Å².